The van der Waals surface area contributed by atoms with E-state index in [9.17, 15) is 4.21 Å². The summed E-state index contributed by atoms with van der Waals surface area (Å²) in [5, 5.41) is 0.418. The fourth-order valence-corrected chi connectivity index (χ4v) is 1.27. The number of halogens is 1. The molecule has 10 heavy (non-hydrogen) atoms. The predicted octanol–water partition coefficient (Wildman–Crippen LogP) is 1.65. The highest BCUT2D eigenvalue weighted by Crippen LogP contribution is 2.07. The number of hydrogen-bond acceptors (Lipinski definition) is 2. The van der Waals surface area contributed by atoms with E-state index in [1.54, 1.807) is 12.3 Å². The van der Waals surface area contributed by atoms with E-state index in [1.165, 1.54) is 0 Å². The molecular formula is C6H6ClNOS. The Morgan fingerprint density at radius 1 is 1.70 bits per heavy atom. The van der Waals surface area contributed by atoms with E-state index in [-0.39, 0.29) is 0 Å². The second kappa shape index (κ2) is 3.12. The Bertz CT molecular complexity index is 264. The fourth-order valence-electron chi connectivity index (χ4n) is 0.596. The average Bonchev–Trinajstić information content (AvgIpc) is 1.88. The van der Waals surface area contributed by atoms with E-state index in [4.69, 9.17) is 10.7 Å². The summed E-state index contributed by atoms with van der Waals surface area (Å²) in [6, 6.07) is 3.52. The molecule has 0 saturated carbocycles. The van der Waals surface area contributed by atoms with Gasteiger partial charge in [0.2, 0.25) is 0 Å². The van der Waals surface area contributed by atoms with Gasteiger partial charge in [-0.25, -0.2) is 9.19 Å². The van der Waals surface area contributed by atoms with Crippen LogP contribution in [0.5, 0.6) is 0 Å². The number of aromatic nitrogens is 1. The van der Waals surface area contributed by atoms with Crippen molar-refractivity contribution in [2.24, 2.45) is 0 Å². The minimum Gasteiger partial charge on any atom is -0.246 e. The molecule has 1 heterocycles. The first kappa shape index (κ1) is 7.69. The second-order valence-electron chi connectivity index (χ2n) is 1.89. The molecule has 4 heteroatoms. The van der Waals surface area contributed by atoms with Gasteiger partial charge in [0.1, 0.15) is 5.03 Å². The van der Waals surface area contributed by atoms with Gasteiger partial charge >= 0.3 is 0 Å². The quantitative estimate of drug-likeness (QED) is 0.608. The maximum atomic E-state index is 10.6. The van der Waals surface area contributed by atoms with E-state index in [1.807, 2.05) is 13.0 Å². The van der Waals surface area contributed by atoms with Gasteiger partial charge in [-0.15, -0.1) is 0 Å². The van der Waals surface area contributed by atoms with Crippen LogP contribution in [0.1, 0.15) is 5.56 Å². The van der Waals surface area contributed by atoms with Crippen molar-refractivity contribution in [3.8, 4) is 0 Å². The Hall–Kier alpha value is -0.410. The molecule has 0 spiro atoms. The molecule has 0 bridgehead atoms. The van der Waals surface area contributed by atoms with Crippen LogP contribution in [0.4, 0.5) is 0 Å². The van der Waals surface area contributed by atoms with Crippen LogP contribution in [0.15, 0.2) is 23.4 Å². The van der Waals surface area contributed by atoms with Gasteiger partial charge in [0, 0.05) is 6.20 Å². The van der Waals surface area contributed by atoms with Gasteiger partial charge in [-0.2, -0.15) is 0 Å². The molecule has 0 aromatic carbocycles. The van der Waals surface area contributed by atoms with Crippen LogP contribution in [0, 0.1) is 6.92 Å². The molecule has 0 aliphatic carbocycles. The van der Waals surface area contributed by atoms with Crippen molar-refractivity contribution in [2.45, 2.75) is 11.9 Å². The van der Waals surface area contributed by atoms with Crippen molar-refractivity contribution >= 4 is 20.7 Å². The third kappa shape index (κ3) is 1.78. The standard InChI is InChI=1S/C6H6ClNOS/c1-5-2-3-8-6(4-5)10(7)9/h2-4H,1H3. The molecule has 0 N–H and O–H groups in total. The lowest BCUT2D eigenvalue weighted by Gasteiger charge is -1.92. The Kier molecular flexibility index (Phi) is 2.40. The highest BCUT2D eigenvalue weighted by molar-refractivity contribution is 8.08. The number of aryl methyl sites for hydroxylation is 1. The molecule has 1 aromatic heterocycles. The number of pyridine rings is 1. The smallest absolute Gasteiger partial charge is 0.166 e. The summed E-state index contributed by atoms with van der Waals surface area (Å²) in [6.45, 7) is 1.90. The highest BCUT2D eigenvalue weighted by Gasteiger charge is 1.98. The summed E-state index contributed by atoms with van der Waals surface area (Å²) in [5.74, 6) is 0. The van der Waals surface area contributed by atoms with Crippen molar-refractivity contribution < 1.29 is 4.21 Å². The maximum Gasteiger partial charge on any atom is 0.166 e. The van der Waals surface area contributed by atoms with Gasteiger partial charge in [-0.05, 0) is 35.3 Å². The summed E-state index contributed by atoms with van der Waals surface area (Å²) in [7, 11) is 3.81. The highest BCUT2D eigenvalue weighted by atomic mass is 35.7. The molecular weight excluding hydrogens is 170 g/mol. The van der Waals surface area contributed by atoms with Gasteiger partial charge in [-0.1, -0.05) is 0 Å². The minimum absolute atomic E-state index is 0.418. The van der Waals surface area contributed by atoms with Crippen LogP contribution in [0.2, 0.25) is 0 Å². The minimum atomic E-state index is -1.48. The number of hydrogen-bond donors (Lipinski definition) is 0. The van der Waals surface area contributed by atoms with Gasteiger partial charge < -0.3 is 0 Å². The monoisotopic (exact) mass is 175 g/mol. The van der Waals surface area contributed by atoms with Gasteiger partial charge in [0.25, 0.3) is 0 Å². The third-order valence-corrected chi connectivity index (χ3v) is 2.08. The van der Waals surface area contributed by atoms with Crippen molar-refractivity contribution in [2.75, 3.05) is 0 Å². The molecule has 1 rings (SSSR count). The molecule has 0 saturated heterocycles. The zero-order valence-corrected chi connectivity index (χ0v) is 6.95. The lowest BCUT2D eigenvalue weighted by molar-refractivity contribution is 0.688. The molecule has 1 unspecified atom stereocenters. The fraction of sp³-hybridized carbons (Fsp3) is 0.167. The van der Waals surface area contributed by atoms with Gasteiger partial charge in [0.15, 0.2) is 10.0 Å². The van der Waals surface area contributed by atoms with Crippen molar-refractivity contribution in [1.82, 2.24) is 4.98 Å². The van der Waals surface area contributed by atoms with E-state index in [2.05, 4.69) is 4.98 Å². The van der Waals surface area contributed by atoms with Crippen LogP contribution >= 0.6 is 10.7 Å². The summed E-state index contributed by atoms with van der Waals surface area (Å²) < 4.78 is 10.6. The summed E-state index contributed by atoms with van der Waals surface area (Å²) in [6.07, 6.45) is 1.59. The molecule has 0 amide bonds. The van der Waals surface area contributed by atoms with Crippen LogP contribution < -0.4 is 0 Å². The van der Waals surface area contributed by atoms with Gasteiger partial charge in [-0.3, -0.25) is 0 Å². The van der Waals surface area contributed by atoms with Crippen molar-refractivity contribution in [1.29, 1.82) is 0 Å². The first-order valence-corrected chi connectivity index (χ1v) is 4.68. The molecule has 0 fully saturated rings. The average molecular weight is 176 g/mol. The SMILES string of the molecule is Cc1ccnc(S(=O)Cl)c1. The third-order valence-electron chi connectivity index (χ3n) is 1.05. The molecule has 2 nitrogen and oxygen atoms in total. The van der Waals surface area contributed by atoms with E-state index >= 15 is 0 Å². The molecule has 1 aromatic rings. The van der Waals surface area contributed by atoms with E-state index in [0.29, 0.717) is 5.03 Å². The molecule has 0 aliphatic heterocycles. The van der Waals surface area contributed by atoms with Crippen LogP contribution in [0.25, 0.3) is 0 Å². The van der Waals surface area contributed by atoms with Crippen LogP contribution in [-0.2, 0) is 10.0 Å². The summed E-state index contributed by atoms with van der Waals surface area (Å²) in [5.41, 5.74) is 1.01. The Balaban J connectivity index is 3.07. The number of nitrogens with zero attached hydrogens (tertiary/aromatic N) is 1. The van der Waals surface area contributed by atoms with Gasteiger partial charge in [0.05, 0.1) is 0 Å². The first-order valence-electron chi connectivity index (χ1n) is 2.71. The summed E-state index contributed by atoms with van der Waals surface area (Å²) in [4.78, 5) is 3.81. The Labute approximate surface area is 66.2 Å². The lowest BCUT2D eigenvalue weighted by Crippen LogP contribution is -1.86. The normalized spacial score (nSPS) is 13.0. The topological polar surface area (TPSA) is 30.0 Å². The zero-order valence-electron chi connectivity index (χ0n) is 5.37. The molecule has 0 aliphatic rings. The molecule has 1 atom stereocenters. The molecule has 0 radical (unpaired) electrons. The van der Waals surface area contributed by atoms with E-state index in [0.717, 1.165) is 5.56 Å². The molecule has 54 valence electrons. The van der Waals surface area contributed by atoms with Crippen LogP contribution in [-0.4, -0.2) is 9.19 Å². The summed E-state index contributed by atoms with van der Waals surface area (Å²) >= 11 is 0. The lowest BCUT2D eigenvalue weighted by atomic mass is 10.3. The maximum absolute atomic E-state index is 10.6. The number of rotatable bonds is 1. The first-order chi connectivity index (χ1) is 4.70. The Morgan fingerprint density at radius 2 is 2.40 bits per heavy atom. The zero-order chi connectivity index (χ0) is 7.56. The Morgan fingerprint density at radius 3 is 2.80 bits per heavy atom. The second-order valence-corrected chi connectivity index (χ2v) is 3.60. The van der Waals surface area contributed by atoms with Crippen molar-refractivity contribution in [3.05, 3.63) is 23.9 Å². The largest absolute Gasteiger partial charge is 0.246 e. The van der Waals surface area contributed by atoms with E-state index < -0.39 is 10.0 Å². The van der Waals surface area contributed by atoms with Crippen LogP contribution in [0.3, 0.4) is 0 Å². The van der Waals surface area contributed by atoms with Crippen molar-refractivity contribution in [3.63, 3.8) is 0 Å². The predicted molar refractivity (Wildman–Crippen MR) is 41.2 cm³/mol.